The first kappa shape index (κ1) is 21.4. The molecular formula is C24H31N5O. The Kier molecular flexibility index (Phi) is 7.89. The maximum atomic E-state index is 13.0. The van der Waals surface area contributed by atoms with Crippen LogP contribution in [0.15, 0.2) is 60.8 Å². The number of aromatic nitrogens is 1. The molecule has 0 radical (unpaired) electrons. The lowest BCUT2D eigenvalue weighted by Crippen LogP contribution is -2.33. The molecule has 0 unspecified atom stereocenters. The van der Waals surface area contributed by atoms with Gasteiger partial charge >= 0.3 is 0 Å². The quantitative estimate of drug-likeness (QED) is 0.222. The van der Waals surface area contributed by atoms with Crippen molar-refractivity contribution in [1.29, 1.82) is 5.41 Å². The average Bonchev–Trinajstić information content (AvgIpc) is 3.16. The van der Waals surface area contributed by atoms with Gasteiger partial charge in [0.05, 0.1) is 0 Å². The van der Waals surface area contributed by atoms with Crippen molar-refractivity contribution in [2.75, 3.05) is 13.1 Å². The topological polar surface area (TPSA) is 98.0 Å². The number of carbonyl (C=O) groups excluding carboxylic acids is 1. The van der Waals surface area contributed by atoms with Crippen LogP contribution in [0.5, 0.6) is 0 Å². The SMILES string of the molecule is N=C(N)NCCCCN(Cc1ccccc1)C(=O)CCCc1c[nH]c2ccccc12. The van der Waals surface area contributed by atoms with E-state index in [9.17, 15) is 4.79 Å². The molecule has 0 spiro atoms. The number of carbonyl (C=O) groups is 1. The van der Waals surface area contributed by atoms with Gasteiger partial charge in [0.2, 0.25) is 5.91 Å². The monoisotopic (exact) mass is 405 g/mol. The summed E-state index contributed by atoms with van der Waals surface area (Å²) in [4.78, 5) is 18.2. The van der Waals surface area contributed by atoms with E-state index >= 15 is 0 Å². The minimum Gasteiger partial charge on any atom is -0.370 e. The first-order valence-corrected chi connectivity index (χ1v) is 10.6. The Hall–Kier alpha value is -3.28. The van der Waals surface area contributed by atoms with Crippen molar-refractivity contribution in [1.82, 2.24) is 15.2 Å². The zero-order valence-corrected chi connectivity index (χ0v) is 17.4. The highest BCUT2D eigenvalue weighted by Gasteiger charge is 2.14. The summed E-state index contributed by atoms with van der Waals surface area (Å²) in [5, 5.41) is 11.3. The molecule has 0 aliphatic heterocycles. The number of aromatic amines is 1. The van der Waals surface area contributed by atoms with E-state index in [1.165, 1.54) is 10.9 Å². The number of rotatable bonds is 11. The summed E-state index contributed by atoms with van der Waals surface area (Å²) in [6, 6.07) is 18.4. The van der Waals surface area contributed by atoms with Crippen molar-refractivity contribution < 1.29 is 4.79 Å². The van der Waals surface area contributed by atoms with E-state index in [4.69, 9.17) is 11.1 Å². The molecule has 0 saturated carbocycles. The Balaban J connectivity index is 1.53. The smallest absolute Gasteiger partial charge is 0.222 e. The number of fused-ring (bicyclic) bond motifs is 1. The Labute approximate surface area is 178 Å². The summed E-state index contributed by atoms with van der Waals surface area (Å²) in [5.74, 6) is 0.183. The second-order valence-corrected chi connectivity index (χ2v) is 7.56. The first-order valence-electron chi connectivity index (χ1n) is 10.6. The molecule has 0 fully saturated rings. The van der Waals surface area contributed by atoms with Gasteiger partial charge in [-0.1, -0.05) is 48.5 Å². The number of nitrogens with two attached hydrogens (primary N) is 1. The number of H-pyrrole nitrogens is 1. The van der Waals surface area contributed by atoms with Gasteiger partial charge in [-0.25, -0.2) is 0 Å². The van der Waals surface area contributed by atoms with Gasteiger partial charge in [0.15, 0.2) is 5.96 Å². The molecule has 30 heavy (non-hydrogen) atoms. The summed E-state index contributed by atoms with van der Waals surface area (Å²) in [6.07, 6.45) is 6.06. The molecule has 0 saturated heterocycles. The largest absolute Gasteiger partial charge is 0.370 e. The van der Waals surface area contributed by atoms with Gasteiger partial charge in [-0.2, -0.15) is 0 Å². The number of para-hydroxylation sites is 1. The average molecular weight is 406 g/mol. The number of aryl methyl sites for hydroxylation is 1. The molecule has 1 amide bonds. The Morgan fingerprint density at radius 1 is 1.03 bits per heavy atom. The van der Waals surface area contributed by atoms with E-state index in [0.29, 0.717) is 26.1 Å². The molecule has 5 N–H and O–H groups in total. The summed E-state index contributed by atoms with van der Waals surface area (Å²) >= 11 is 0. The third-order valence-electron chi connectivity index (χ3n) is 5.25. The van der Waals surface area contributed by atoms with Gasteiger partial charge in [-0.15, -0.1) is 0 Å². The third-order valence-corrected chi connectivity index (χ3v) is 5.25. The third kappa shape index (κ3) is 6.37. The number of unbranched alkanes of at least 4 members (excludes halogenated alkanes) is 1. The van der Waals surface area contributed by atoms with E-state index in [0.717, 1.165) is 36.8 Å². The molecule has 1 heterocycles. The lowest BCUT2D eigenvalue weighted by molar-refractivity contribution is -0.132. The van der Waals surface area contributed by atoms with Crippen LogP contribution in [0.4, 0.5) is 0 Å². The normalized spacial score (nSPS) is 10.8. The zero-order chi connectivity index (χ0) is 21.2. The van der Waals surface area contributed by atoms with Crippen LogP contribution >= 0.6 is 0 Å². The maximum absolute atomic E-state index is 13.0. The van der Waals surface area contributed by atoms with Crippen LogP contribution in [0.25, 0.3) is 10.9 Å². The molecule has 6 nitrogen and oxygen atoms in total. The van der Waals surface area contributed by atoms with Crippen LogP contribution in [0, 0.1) is 5.41 Å². The lowest BCUT2D eigenvalue weighted by Gasteiger charge is -2.23. The van der Waals surface area contributed by atoms with Crippen LogP contribution < -0.4 is 11.1 Å². The first-order chi connectivity index (χ1) is 14.6. The van der Waals surface area contributed by atoms with Gasteiger partial charge in [-0.3, -0.25) is 10.2 Å². The van der Waals surface area contributed by atoms with Crippen molar-refractivity contribution in [2.24, 2.45) is 5.73 Å². The van der Waals surface area contributed by atoms with E-state index in [2.05, 4.69) is 40.8 Å². The van der Waals surface area contributed by atoms with Gasteiger partial charge in [0.25, 0.3) is 0 Å². The molecule has 0 bridgehead atoms. The predicted molar refractivity (Wildman–Crippen MR) is 122 cm³/mol. The van der Waals surface area contributed by atoms with Crippen molar-refractivity contribution in [3.63, 3.8) is 0 Å². The Morgan fingerprint density at radius 3 is 2.60 bits per heavy atom. The Bertz CT molecular complexity index is 950. The van der Waals surface area contributed by atoms with Crippen molar-refractivity contribution in [2.45, 2.75) is 38.6 Å². The fraction of sp³-hybridized carbons (Fsp3) is 0.333. The molecule has 0 atom stereocenters. The highest BCUT2D eigenvalue weighted by Crippen LogP contribution is 2.20. The molecule has 0 aliphatic rings. The molecule has 0 aliphatic carbocycles. The van der Waals surface area contributed by atoms with E-state index in [1.807, 2.05) is 35.2 Å². The van der Waals surface area contributed by atoms with Crippen LogP contribution in [-0.2, 0) is 17.8 Å². The number of benzene rings is 2. The molecule has 3 rings (SSSR count). The molecule has 6 heteroatoms. The highest BCUT2D eigenvalue weighted by atomic mass is 16.2. The van der Waals surface area contributed by atoms with Gasteiger partial charge in [0, 0.05) is 43.2 Å². The maximum Gasteiger partial charge on any atom is 0.222 e. The molecule has 2 aromatic carbocycles. The standard InChI is InChI=1S/C24H31N5O/c25-24(26)27-15-6-7-16-29(18-19-9-2-1-3-10-19)23(30)14-8-11-20-17-28-22-13-5-4-12-21(20)22/h1-5,9-10,12-13,17,28H,6-8,11,14-16,18H2,(H4,25,26,27). The number of amides is 1. The summed E-state index contributed by atoms with van der Waals surface area (Å²) < 4.78 is 0. The van der Waals surface area contributed by atoms with Crippen molar-refractivity contribution in [3.8, 4) is 0 Å². The number of hydrogen-bond acceptors (Lipinski definition) is 2. The number of hydrogen-bond donors (Lipinski definition) is 4. The number of guanidine groups is 1. The Morgan fingerprint density at radius 2 is 1.80 bits per heavy atom. The summed E-state index contributed by atoms with van der Waals surface area (Å²) in [7, 11) is 0. The molecule has 158 valence electrons. The van der Waals surface area contributed by atoms with Crippen molar-refractivity contribution in [3.05, 3.63) is 71.9 Å². The summed E-state index contributed by atoms with van der Waals surface area (Å²) in [6.45, 7) is 2.00. The minimum atomic E-state index is -0.00972. The second kappa shape index (κ2) is 11.0. The molecule has 1 aromatic heterocycles. The van der Waals surface area contributed by atoms with Crippen LogP contribution in [0.1, 0.15) is 36.8 Å². The lowest BCUT2D eigenvalue weighted by atomic mass is 10.1. The fourth-order valence-electron chi connectivity index (χ4n) is 3.67. The molecule has 3 aromatic rings. The highest BCUT2D eigenvalue weighted by molar-refractivity contribution is 5.83. The van der Waals surface area contributed by atoms with Gasteiger partial charge in [0.1, 0.15) is 0 Å². The van der Waals surface area contributed by atoms with Crippen molar-refractivity contribution >= 4 is 22.8 Å². The zero-order valence-electron chi connectivity index (χ0n) is 17.4. The number of nitrogens with one attached hydrogen (secondary N) is 3. The summed E-state index contributed by atoms with van der Waals surface area (Å²) in [5.41, 5.74) is 8.87. The van der Waals surface area contributed by atoms with E-state index in [1.54, 1.807) is 0 Å². The van der Waals surface area contributed by atoms with E-state index < -0.39 is 0 Å². The molecular weight excluding hydrogens is 374 g/mol. The van der Waals surface area contributed by atoms with Crippen LogP contribution in [-0.4, -0.2) is 34.8 Å². The van der Waals surface area contributed by atoms with E-state index in [-0.39, 0.29) is 11.9 Å². The predicted octanol–water partition coefficient (Wildman–Crippen LogP) is 3.78. The van der Waals surface area contributed by atoms with Gasteiger partial charge < -0.3 is 20.9 Å². The fourth-order valence-corrected chi connectivity index (χ4v) is 3.67. The van der Waals surface area contributed by atoms with Crippen LogP contribution in [0.3, 0.4) is 0 Å². The minimum absolute atomic E-state index is 0.00972. The second-order valence-electron chi connectivity index (χ2n) is 7.56. The number of nitrogens with zero attached hydrogens (tertiary/aromatic N) is 1. The van der Waals surface area contributed by atoms with Gasteiger partial charge in [-0.05, 0) is 42.9 Å². The van der Waals surface area contributed by atoms with Crippen LogP contribution in [0.2, 0.25) is 0 Å².